The van der Waals surface area contributed by atoms with Crippen LogP contribution in [0, 0.1) is 25.2 Å². The van der Waals surface area contributed by atoms with Crippen molar-refractivity contribution in [2.24, 2.45) is 0 Å². The summed E-state index contributed by atoms with van der Waals surface area (Å²) in [4.78, 5) is 14.3. The van der Waals surface area contributed by atoms with E-state index in [1.165, 1.54) is 0 Å². The molecule has 1 atom stereocenters. The van der Waals surface area contributed by atoms with E-state index in [1.54, 1.807) is 0 Å². The highest BCUT2D eigenvalue weighted by molar-refractivity contribution is 7.84. The summed E-state index contributed by atoms with van der Waals surface area (Å²) in [6, 6.07) is 8.16. The van der Waals surface area contributed by atoms with Crippen LogP contribution in [0.3, 0.4) is 0 Å². The quantitative estimate of drug-likeness (QED) is 0.615. The molecule has 1 N–H and O–H groups in total. The van der Waals surface area contributed by atoms with Gasteiger partial charge in [0.1, 0.15) is 17.3 Å². The summed E-state index contributed by atoms with van der Waals surface area (Å²) in [6.07, 6.45) is 6.86. The van der Waals surface area contributed by atoms with E-state index >= 15 is 0 Å². The summed E-state index contributed by atoms with van der Waals surface area (Å²) in [5, 5.41) is 12.8. The molecule has 0 aromatic heterocycles. The Hall–Kier alpha value is -2.19. The number of thiol groups is 1. The Kier molecular flexibility index (Phi) is 3.95. The maximum Gasteiger partial charge on any atom is 0.266 e. The van der Waals surface area contributed by atoms with Gasteiger partial charge in [-0.2, -0.15) is 5.26 Å². The zero-order valence-corrected chi connectivity index (χ0v) is 14.2. The molecule has 1 heterocycles. The topological polar surface area (TPSA) is 56.1 Å². The molecule has 3 rings (SSSR count). The molecule has 1 aromatic rings. The van der Waals surface area contributed by atoms with Gasteiger partial charge in [-0.25, -0.2) is 0 Å². The van der Waals surface area contributed by atoms with Gasteiger partial charge in [-0.05, 0) is 56.4 Å². The van der Waals surface area contributed by atoms with Crippen molar-refractivity contribution in [3.63, 3.8) is 0 Å². The number of amides is 1. The number of rotatable bonds is 1. The van der Waals surface area contributed by atoms with Crippen LogP contribution in [0.25, 0.3) is 0 Å². The number of aryl methyl sites for hydroxylation is 2. The zero-order valence-electron chi connectivity index (χ0n) is 13.3. The van der Waals surface area contributed by atoms with E-state index in [-0.39, 0.29) is 11.5 Å². The predicted octanol–water partition coefficient (Wildman–Crippen LogP) is 3.34. The van der Waals surface area contributed by atoms with Gasteiger partial charge in [-0.15, -0.1) is 12.6 Å². The van der Waals surface area contributed by atoms with Gasteiger partial charge in [0.2, 0.25) is 0 Å². The van der Waals surface area contributed by atoms with Crippen molar-refractivity contribution in [2.45, 2.75) is 38.8 Å². The number of hydrogen-bond donors (Lipinski definition) is 2. The van der Waals surface area contributed by atoms with Crippen LogP contribution in [-0.2, 0) is 4.79 Å². The van der Waals surface area contributed by atoms with Gasteiger partial charge in [0, 0.05) is 5.69 Å². The van der Waals surface area contributed by atoms with E-state index in [0.29, 0.717) is 5.03 Å². The highest BCUT2D eigenvalue weighted by atomic mass is 32.1. The third-order valence-electron chi connectivity index (χ3n) is 4.43. The number of hydrogen-bond acceptors (Lipinski definition) is 4. The number of nitrogens with one attached hydrogen (secondary N) is 1. The number of carbonyl (C=O) groups is 1. The average Bonchev–Trinajstić information content (AvgIpc) is 2.51. The van der Waals surface area contributed by atoms with Crippen molar-refractivity contribution in [3.8, 4) is 6.07 Å². The second-order valence-corrected chi connectivity index (χ2v) is 6.53. The Morgan fingerprint density at radius 3 is 2.83 bits per heavy atom. The average molecular weight is 325 g/mol. The fraction of sp³-hybridized carbons (Fsp3) is 0.333. The minimum Gasteiger partial charge on any atom is -0.325 e. The lowest BCUT2D eigenvalue weighted by molar-refractivity contribution is -0.119. The summed E-state index contributed by atoms with van der Waals surface area (Å²) in [6.45, 7) is 4.06. The first-order valence-corrected chi connectivity index (χ1v) is 8.14. The second kappa shape index (κ2) is 5.78. The summed E-state index contributed by atoms with van der Waals surface area (Å²) < 4.78 is 0. The van der Waals surface area contributed by atoms with Gasteiger partial charge < -0.3 is 10.2 Å². The zero-order chi connectivity index (χ0) is 16.6. The van der Waals surface area contributed by atoms with Crippen LogP contribution in [0.15, 0.2) is 41.0 Å². The largest absolute Gasteiger partial charge is 0.325 e. The predicted molar refractivity (Wildman–Crippen MR) is 93.9 cm³/mol. The molecule has 1 aliphatic heterocycles. The normalized spacial score (nSPS) is 23.9. The van der Waals surface area contributed by atoms with Crippen molar-refractivity contribution >= 4 is 24.2 Å². The van der Waals surface area contributed by atoms with Gasteiger partial charge in [-0.1, -0.05) is 18.2 Å². The van der Waals surface area contributed by atoms with Crippen molar-refractivity contribution < 1.29 is 4.79 Å². The van der Waals surface area contributed by atoms with Crippen molar-refractivity contribution in [2.75, 3.05) is 4.90 Å². The van der Waals surface area contributed by atoms with Crippen LogP contribution >= 0.6 is 12.6 Å². The smallest absolute Gasteiger partial charge is 0.266 e. The molecule has 5 heteroatoms. The molecule has 1 aliphatic carbocycles. The Morgan fingerprint density at radius 2 is 2.17 bits per heavy atom. The Morgan fingerprint density at radius 1 is 1.39 bits per heavy atom. The molecule has 1 spiro atoms. The van der Waals surface area contributed by atoms with E-state index in [4.69, 9.17) is 0 Å². The first-order valence-electron chi connectivity index (χ1n) is 7.69. The van der Waals surface area contributed by atoms with Crippen LogP contribution < -0.4 is 10.2 Å². The Balaban J connectivity index is 2.26. The van der Waals surface area contributed by atoms with Gasteiger partial charge in [-0.3, -0.25) is 4.79 Å². The molecule has 118 valence electrons. The van der Waals surface area contributed by atoms with E-state index in [1.807, 2.05) is 30.9 Å². The first-order chi connectivity index (χ1) is 11.0. The molecule has 0 saturated heterocycles. The van der Waals surface area contributed by atoms with Crippen molar-refractivity contribution in [1.29, 1.82) is 5.26 Å². The molecule has 1 amide bonds. The number of nitriles is 1. The lowest BCUT2D eigenvalue weighted by Crippen LogP contribution is -2.63. The second-order valence-electron chi connectivity index (χ2n) is 6.11. The van der Waals surface area contributed by atoms with E-state index in [0.717, 1.165) is 36.1 Å². The summed E-state index contributed by atoms with van der Waals surface area (Å²) in [5.41, 5.74) is 2.57. The fourth-order valence-corrected chi connectivity index (χ4v) is 3.69. The monoisotopic (exact) mass is 325 g/mol. The number of anilines is 1. The molecule has 4 nitrogen and oxygen atoms in total. The number of nitrogens with zero attached hydrogens (tertiary/aromatic N) is 2. The lowest BCUT2D eigenvalue weighted by Gasteiger charge is -2.48. The van der Waals surface area contributed by atoms with Crippen LogP contribution in [0.2, 0.25) is 0 Å². The summed E-state index contributed by atoms with van der Waals surface area (Å²) >= 11 is 4.56. The van der Waals surface area contributed by atoms with Gasteiger partial charge in [0.15, 0.2) is 0 Å². The molecule has 1 aromatic carbocycles. The van der Waals surface area contributed by atoms with Gasteiger partial charge in [0.05, 0.1) is 5.03 Å². The van der Waals surface area contributed by atoms with Crippen molar-refractivity contribution in [3.05, 3.63) is 52.1 Å². The summed E-state index contributed by atoms with van der Waals surface area (Å²) in [5.74, 6) is -0.356. The Labute approximate surface area is 141 Å². The molecule has 1 unspecified atom stereocenters. The standard InChI is InChI=1S/C18H19N3OS/c1-12-6-7-13(2)15(10-12)21-17(23)14(11-19)16(22)20-18(21)8-4-3-5-9-18/h4,6-8,10,23H,3,5,9H2,1-2H3,(H,20,22). The molecule has 0 radical (unpaired) electrons. The third-order valence-corrected chi connectivity index (χ3v) is 4.85. The summed E-state index contributed by atoms with van der Waals surface area (Å²) in [7, 11) is 0. The van der Waals surface area contributed by atoms with E-state index in [9.17, 15) is 10.1 Å². The third kappa shape index (κ3) is 2.53. The highest BCUT2D eigenvalue weighted by Gasteiger charge is 2.44. The molecular formula is C18H19N3OS. The van der Waals surface area contributed by atoms with Crippen LogP contribution in [0.5, 0.6) is 0 Å². The SMILES string of the molecule is Cc1ccc(C)c(N2C(S)=C(C#N)C(=O)NC23C=CCCC3)c1. The number of allylic oxidation sites excluding steroid dienone is 1. The maximum atomic E-state index is 12.3. The van der Waals surface area contributed by atoms with Crippen LogP contribution in [0.4, 0.5) is 5.69 Å². The number of carbonyl (C=O) groups excluding carboxylic acids is 1. The minimum absolute atomic E-state index is 0.0545. The van der Waals surface area contributed by atoms with Gasteiger partial charge in [0.25, 0.3) is 5.91 Å². The molecule has 23 heavy (non-hydrogen) atoms. The minimum atomic E-state index is -0.647. The van der Waals surface area contributed by atoms with Crippen molar-refractivity contribution in [1.82, 2.24) is 5.32 Å². The van der Waals surface area contributed by atoms with Crippen LogP contribution in [0.1, 0.15) is 30.4 Å². The highest BCUT2D eigenvalue weighted by Crippen LogP contribution is 2.40. The molecule has 2 aliphatic rings. The fourth-order valence-electron chi connectivity index (χ4n) is 3.25. The van der Waals surface area contributed by atoms with E-state index in [2.05, 4.69) is 42.2 Å². The molecule has 0 saturated carbocycles. The van der Waals surface area contributed by atoms with E-state index < -0.39 is 5.66 Å². The molecule has 0 bridgehead atoms. The van der Waals surface area contributed by atoms with Gasteiger partial charge >= 0.3 is 0 Å². The Bertz CT molecular complexity index is 775. The molecular weight excluding hydrogens is 306 g/mol. The maximum absolute atomic E-state index is 12.3. The lowest BCUT2D eigenvalue weighted by atomic mass is 9.90. The first kappa shape index (κ1) is 15.7. The molecule has 0 fully saturated rings. The van der Waals surface area contributed by atoms with Crippen LogP contribution in [-0.4, -0.2) is 11.6 Å². The number of benzene rings is 1.